The number of carbonyl (C=O) groups is 2. The number of aromatic nitrogens is 1. The van der Waals surface area contributed by atoms with E-state index < -0.39 is 5.91 Å². The van der Waals surface area contributed by atoms with E-state index in [1.165, 1.54) is 17.0 Å². The molecule has 1 fully saturated rings. The zero-order chi connectivity index (χ0) is 22.3. The Morgan fingerprint density at radius 2 is 1.97 bits per heavy atom. The third-order valence-corrected chi connectivity index (χ3v) is 5.89. The number of hydroxylamine groups is 1. The summed E-state index contributed by atoms with van der Waals surface area (Å²) in [5.41, 5.74) is 5.75. The molecule has 3 aromatic rings. The predicted octanol–water partition coefficient (Wildman–Crippen LogP) is 3.01. The topological polar surface area (TPSA) is 97.5 Å². The maximum atomic E-state index is 13.2. The summed E-state index contributed by atoms with van der Waals surface area (Å²) in [7, 11) is 0. The molecule has 0 spiro atoms. The van der Waals surface area contributed by atoms with E-state index in [0.717, 1.165) is 42.5 Å². The summed E-state index contributed by atoms with van der Waals surface area (Å²) in [6, 6.07) is 15.8. The Bertz CT molecular complexity index is 1100. The van der Waals surface area contributed by atoms with Gasteiger partial charge in [0, 0.05) is 36.3 Å². The summed E-state index contributed by atoms with van der Waals surface area (Å²) in [5, 5.41) is 13.1. The van der Waals surface area contributed by atoms with Crippen LogP contribution in [-0.4, -0.2) is 46.0 Å². The molecule has 4 rings (SSSR count). The number of H-pyrrole nitrogens is 1. The fourth-order valence-corrected chi connectivity index (χ4v) is 4.14. The van der Waals surface area contributed by atoms with Gasteiger partial charge in [-0.1, -0.05) is 42.5 Å². The normalized spacial score (nSPS) is 16.0. The van der Waals surface area contributed by atoms with Gasteiger partial charge in [0.25, 0.3) is 5.91 Å². The van der Waals surface area contributed by atoms with E-state index in [2.05, 4.69) is 22.4 Å². The number of aromatic amines is 1. The highest BCUT2D eigenvalue weighted by Crippen LogP contribution is 2.20. The lowest BCUT2D eigenvalue weighted by atomic mass is 10.1. The van der Waals surface area contributed by atoms with Gasteiger partial charge in [0.05, 0.1) is 6.04 Å². The minimum atomic E-state index is -0.577. The molecule has 2 aromatic carbocycles. The van der Waals surface area contributed by atoms with Crippen molar-refractivity contribution in [1.82, 2.24) is 20.7 Å². The SMILES string of the molecule is O=C(/C=C/c1ccc(CN(CCc2c[nH]c3ccccc23)C(=O)C2CCCN2)cc1)NO. The van der Waals surface area contributed by atoms with E-state index >= 15 is 0 Å². The number of fused-ring (bicyclic) bond motifs is 1. The second kappa shape index (κ2) is 10.3. The van der Waals surface area contributed by atoms with Crippen LogP contribution in [0.25, 0.3) is 17.0 Å². The number of nitrogens with one attached hydrogen (secondary N) is 3. The highest BCUT2D eigenvalue weighted by atomic mass is 16.5. The number of hydrogen-bond donors (Lipinski definition) is 4. The molecule has 7 heteroatoms. The van der Waals surface area contributed by atoms with Gasteiger partial charge < -0.3 is 15.2 Å². The van der Waals surface area contributed by atoms with Crippen molar-refractivity contribution in [2.45, 2.75) is 31.8 Å². The Morgan fingerprint density at radius 1 is 1.16 bits per heavy atom. The maximum Gasteiger partial charge on any atom is 0.267 e. The van der Waals surface area contributed by atoms with Crippen molar-refractivity contribution in [2.75, 3.05) is 13.1 Å². The molecule has 4 N–H and O–H groups in total. The molecule has 1 aliphatic rings. The van der Waals surface area contributed by atoms with Crippen LogP contribution in [0.2, 0.25) is 0 Å². The van der Waals surface area contributed by atoms with Gasteiger partial charge in [0.1, 0.15) is 0 Å². The second-order valence-electron chi connectivity index (χ2n) is 8.07. The van der Waals surface area contributed by atoms with Gasteiger partial charge in [0.2, 0.25) is 5.91 Å². The molecule has 1 unspecified atom stereocenters. The van der Waals surface area contributed by atoms with Crippen LogP contribution in [0.1, 0.15) is 29.5 Å². The fourth-order valence-electron chi connectivity index (χ4n) is 4.14. The van der Waals surface area contributed by atoms with E-state index in [0.29, 0.717) is 13.1 Å². The van der Waals surface area contributed by atoms with E-state index in [9.17, 15) is 9.59 Å². The number of para-hydroxylation sites is 1. The first-order valence-corrected chi connectivity index (χ1v) is 10.9. The molecule has 7 nitrogen and oxygen atoms in total. The first-order valence-electron chi connectivity index (χ1n) is 10.9. The lowest BCUT2D eigenvalue weighted by molar-refractivity contribution is -0.133. The number of rotatable bonds is 8. The smallest absolute Gasteiger partial charge is 0.267 e. The van der Waals surface area contributed by atoms with Crippen molar-refractivity contribution in [3.05, 3.63) is 77.5 Å². The van der Waals surface area contributed by atoms with Gasteiger partial charge in [-0.25, -0.2) is 5.48 Å². The highest BCUT2D eigenvalue weighted by Gasteiger charge is 2.27. The maximum absolute atomic E-state index is 13.2. The molecule has 32 heavy (non-hydrogen) atoms. The number of benzene rings is 2. The van der Waals surface area contributed by atoms with Crippen LogP contribution in [0.5, 0.6) is 0 Å². The largest absolute Gasteiger partial charge is 0.361 e. The molecule has 0 radical (unpaired) electrons. The molecule has 2 amide bonds. The Morgan fingerprint density at radius 3 is 2.72 bits per heavy atom. The summed E-state index contributed by atoms with van der Waals surface area (Å²) in [4.78, 5) is 29.6. The second-order valence-corrected chi connectivity index (χ2v) is 8.07. The van der Waals surface area contributed by atoms with Gasteiger partial charge in [-0.15, -0.1) is 0 Å². The fraction of sp³-hybridized carbons (Fsp3) is 0.280. The predicted molar refractivity (Wildman–Crippen MR) is 124 cm³/mol. The first kappa shape index (κ1) is 21.8. The average Bonchev–Trinajstić information content (AvgIpc) is 3.51. The van der Waals surface area contributed by atoms with Crippen molar-refractivity contribution in [3.63, 3.8) is 0 Å². The summed E-state index contributed by atoms with van der Waals surface area (Å²) in [6.07, 6.45) is 7.59. The minimum absolute atomic E-state index is 0.114. The zero-order valence-corrected chi connectivity index (χ0v) is 17.9. The van der Waals surface area contributed by atoms with Crippen LogP contribution in [0.3, 0.4) is 0 Å². The summed E-state index contributed by atoms with van der Waals surface area (Å²) in [5.74, 6) is -0.432. The van der Waals surface area contributed by atoms with Crippen LogP contribution in [0.4, 0.5) is 0 Å². The summed E-state index contributed by atoms with van der Waals surface area (Å²) < 4.78 is 0. The molecule has 0 saturated carbocycles. The van der Waals surface area contributed by atoms with Gasteiger partial charge in [-0.05, 0) is 54.6 Å². The molecule has 0 bridgehead atoms. The lowest BCUT2D eigenvalue weighted by Crippen LogP contribution is -2.44. The van der Waals surface area contributed by atoms with Crippen molar-refractivity contribution in [2.24, 2.45) is 0 Å². The molecule has 1 aliphatic heterocycles. The molecule has 0 aliphatic carbocycles. The van der Waals surface area contributed by atoms with Crippen LogP contribution < -0.4 is 10.8 Å². The van der Waals surface area contributed by atoms with Crippen LogP contribution in [0.15, 0.2) is 60.8 Å². The standard InChI is InChI=1S/C25H28N4O3/c30-24(28-32)12-11-18-7-9-19(10-8-18)17-29(25(31)23-6-3-14-26-23)15-13-20-16-27-22-5-2-1-4-21(20)22/h1-2,4-5,7-12,16,23,26-27,32H,3,6,13-15,17H2,(H,28,30)/b12-11+. The van der Waals surface area contributed by atoms with Gasteiger partial charge in [0.15, 0.2) is 0 Å². The van der Waals surface area contributed by atoms with Gasteiger partial charge in [-0.3, -0.25) is 14.8 Å². The van der Waals surface area contributed by atoms with Gasteiger partial charge >= 0.3 is 0 Å². The number of nitrogens with zero attached hydrogens (tertiary/aromatic N) is 1. The van der Waals surface area contributed by atoms with Crippen LogP contribution in [-0.2, 0) is 22.6 Å². The third kappa shape index (κ3) is 5.25. The molecule has 166 valence electrons. The van der Waals surface area contributed by atoms with E-state index in [4.69, 9.17) is 5.21 Å². The first-order chi connectivity index (χ1) is 15.6. The van der Waals surface area contributed by atoms with Crippen LogP contribution >= 0.6 is 0 Å². The quantitative estimate of drug-likeness (QED) is 0.250. The lowest BCUT2D eigenvalue weighted by Gasteiger charge is -2.26. The Labute approximate surface area is 187 Å². The monoisotopic (exact) mass is 432 g/mol. The molecule has 1 aromatic heterocycles. The zero-order valence-electron chi connectivity index (χ0n) is 17.9. The highest BCUT2D eigenvalue weighted by molar-refractivity contribution is 5.90. The Balaban J connectivity index is 1.47. The molecule has 1 atom stereocenters. The van der Waals surface area contributed by atoms with Gasteiger partial charge in [-0.2, -0.15) is 0 Å². The van der Waals surface area contributed by atoms with Crippen molar-refractivity contribution >= 4 is 28.8 Å². The molecule has 1 saturated heterocycles. The number of amides is 2. The van der Waals surface area contributed by atoms with E-state index in [-0.39, 0.29) is 11.9 Å². The molecular weight excluding hydrogens is 404 g/mol. The van der Waals surface area contributed by atoms with Crippen molar-refractivity contribution in [3.8, 4) is 0 Å². The summed E-state index contributed by atoms with van der Waals surface area (Å²) in [6.45, 7) is 2.05. The average molecular weight is 433 g/mol. The van der Waals surface area contributed by atoms with E-state index in [1.54, 1.807) is 11.6 Å². The Hall–Kier alpha value is -3.42. The number of carbonyl (C=O) groups excluding carboxylic acids is 2. The summed E-state index contributed by atoms with van der Waals surface area (Å²) >= 11 is 0. The van der Waals surface area contributed by atoms with Crippen molar-refractivity contribution in [1.29, 1.82) is 0 Å². The van der Waals surface area contributed by atoms with Crippen molar-refractivity contribution < 1.29 is 14.8 Å². The third-order valence-electron chi connectivity index (χ3n) is 5.89. The van der Waals surface area contributed by atoms with Crippen LogP contribution in [0, 0.1) is 0 Å². The number of hydrogen-bond acceptors (Lipinski definition) is 4. The molecule has 2 heterocycles. The molecular formula is C25H28N4O3. The Kier molecular flexibility index (Phi) is 6.99. The van der Waals surface area contributed by atoms with E-state index in [1.807, 2.05) is 47.5 Å². The minimum Gasteiger partial charge on any atom is -0.361 e.